The molecule has 3 rings (SSSR count). The highest BCUT2D eigenvalue weighted by Crippen LogP contribution is 2.35. The van der Waals surface area contributed by atoms with E-state index in [2.05, 4.69) is 27.0 Å². The van der Waals surface area contributed by atoms with Crippen LogP contribution in [0.2, 0.25) is 0 Å². The van der Waals surface area contributed by atoms with Crippen LogP contribution in [-0.2, 0) is 0 Å². The third-order valence-corrected chi connectivity index (χ3v) is 4.17. The predicted octanol–water partition coefficient (Wildman–Crippen LogP) is 4.64. The summed E-state index contributed by atoms with van der Waals surface area (Å²) in [6.45, 7) is 0. The van der Waals surface area contributed by atoms with Gasteiger partial charge in [-0.2, -0.15) is 5.26 Å². The number of pyridine rings is 1. The quantitative estimate of drug-likeness (QED) is 0.719. The smallest absolute Gasteiger partial charge is 0.142 e. The van der Waals surface area contributed by atoms with Crippen molar-refractivity contribution < 1.29 is 4.74 Å². The molecule has 0 amide bonds. The lowest BCUT2D eigenvalue weighted by atomic mass is 9.98. The second-order valence-corrected chi connectivity index (χ2v) is 6.05. The molecule has 0 radical (unpaired) electrons. The van der Waals surface area contributed by atoms with Crippen LogP contribution < -0.4 is 10.5 Å². The lowest BCUT2D eigenvalue weighted by Crippen LogP contribution is -2.00. The highest BCUT2D eigenvalue weighted by Gasteiger charge is 2.15. The summed E-state index contributed by atoms with van der Waals surface area (Å²) in [6.07, 6.45) is 0. The van der Waals surface area contributed by atoms with E-state index in [0.717, 1.165) is 21.2 Å². The second-order valence-electron chi connectivity index (χ2n) is 5.14. The Morgan fingerprint density at radius 3 is 2.58 bits per heavy atom. The number of ether oxygens (including phenoxy) is 1. The number of aromatic nitrogens is 1. The molecule has 4 nitrogen and oxygen atoms in total. The summed E-state index contributed by atoms with van der Waals surface area (Å²) in [4.78, 5) is 4.39. The van der Waals surface area contributed by atoms with Gasteiger partial charge < -0.3 is 10.5 Å². The van der Waals surface area contributed by atoms with Crippen molar-refractivity contribution in [2.24, 2.45) is 0 Å². The summed E-state index contributed by atoms with van der Waals surface area (Å²) in [5, 5.41) is 9.49. The van der Waals surface area contributed by atoms with Gasteiger partial charge in [-0.3, -0.25) is 0 Å². The molecule has 3 aromatic rings. The van der Waals surface area contributed by atoms with Crippen molar-refractivity contribution in [3.8, 4) is 34.2 Å². The molecule has 0 saturated heterocycles. The van der Waals surface area contributed by atoms with E-state index in [4.69, 9.17) is 10.5 Å². The van der Waals surface area contributed by atoms with Crippen LogP contribution in [0.3, 0.4) is 0 Å². The first kappa shape index (κ1) is 16.0. The molecule has 0 fully saturated rings. The first-order valence-corrected chi connectivity index (χ1v) is 8.03. The number of benzene rings is 2. The molecule has 0 saturated carbocycles. The van der Waals surface area contributed by atoms with Gasteiger partial charge >= 0.3 is 0 Å². The minimum atomic E-state index is 0.205. The normalized spacial score (nSPS) is 10.2. The molecule has 1 heterocycles. The van der Waals surface area contributed by atoms with E-state index in [9.17, 15) is 5.26 Å². The standard InChI is InChI=1S/C19H14BrN3O/c1-24-18-8-3-2-7-14(18)17-10-15(16(11-21)19(22)23-17)12-5-4-6-13(20)9-12/h2-10H,1H3,(H2,22,23). The van der Waals surface area contributed by atoms with Gasteiger partial charge in [0.05, 0.1) is 12.8 Å². The fourth-order valence-electron chi connectivity index (χ4n) is 2.56. The fraction of sp³-hybridized carbons (Fsp3) is 0.0526. The zero-order valence-electron chi connectivity index (χ0n) is 13.0. The summed E-state index contributed by atoms with van der Waals surface area (Å²) in [6, 6.07) is 19.3. The fourth-order valence-corrected chi connectivity index (χ4v) is 2.96. The molecule has 24 heavy (non-hydrogen) atoms. The Bertz CT molecular complexity index is 948. The third kappa shape index (κ3) is 2.97. The van der Waals surface area contributed by atoms with Gasteiger partial charge in [0.25, 0.3) is 0 Å². The summed E-state index contributed by atoms with van der Waals surface area (Å²) < 4.78 is 6.34. The van der Waals surface area contributed by atoms with Crippen LogP contribution in [0, 0.1) is 11.3 Å². The summed E-state index contributed by atoms with van der Waals surface area (Å²) in [5.74, 6) is 0.908. The second kappa shape index (κ2) is 6.73. The largest absolute Gasteiger partial charge is 0.496 e. The SMILES string of the molecule is COc1ccccc1-c1cc(-c2cccc(Br)c2)c(C#N)c(N)n1. The molecule has 0 atom stereocenters. The van der Waals surface area contributed by atoms with Crippen LogP contribution in [0.25, 0.3) is 22.4 Å². The van der Waals surface area contributed by atoms with Crippen LogP contribution in [-0.4, -0.2) is 12.1 Å². The number of para-hydroxylation sites is 1. The monoisotopic (exact) mass is 379 g/mol. The number of nitriles is 1. The number of nitrogen functional groups attached to an aromatic ring is 1. The van der Waals surface area contributed by atoms with E-state index in [1.807, 2.05) is 54.6 Å². The van der Waals surface area contributed by atoms with E-state index >= 15 is 0 Å². The van der Waals surface area contributed by atoms with Crippen LogP contribution in [0.1, 0.15) is 5.56 Å². The first-order valence-electron chi connectivity index (χ1n) is 7.24. The number of hydrogen-bond acceptors (Lipinski definition) is 4. The molecule has 2 N–H and O–H groups in total. The maximum absolute atomic E-state index is 9.49. The molecule has 118 valence electrons. The molecular formula is C19H14BrN3O. The third-order valence-electron chi connectivity index (χ3n) is 3.68. The number of nitrogens with zero attached hydrogens (tertiary/aromatic N) is 2. The molecule has 0 aliphatic rings. The van der Waals surface area contributed by atoms with Crippen LogP contribution in [0.5, 0.6) is 5.75 Å². The number of halogens is 1. The highest BCUT2D eigenvalue weighted by atomic mass is 79.9. The molecule has 0 aliphatic heterocycles. The number of nitrogens with two attached hydrogens (primary N) is 1. The van der Waals surface area contributed by atoms with Crippen LogP contribution in [0.15, 0.2) is 59.1 Å². The van der Waals surface area contributed by atoms with E-state index in [-0.39, 0.29) is 5.82 Å². The van der Waals surface area contributed by atoms with Gasteiger partial charge in [-0.15, -0.1) is 0 Å². The summed E-state index contributed by atoms with van der Waals surface area (Å²) in [5.41, 5.74) is 9.55. The Morgan fingerprint density at radius 1 is 1.08 bits per heavy atom. The van der Waals surface area contributed by atoms with E-state index in [1.165, 1.54) is 0 Å². The maximum Gasteiger partial charge on any atom is 0.142 e. The van der Waals surface area contributed by atoms with Crippen LogP contribution in [0.4, 0.5) is 5.82 Å². The minimum Gasteiger partial charge on any atom is -0.496 e. The average molecular weight is 380 g/mol. The number of rotatable bonds is 3. The van der Waals surface area contributed by atoms with Gasteiger partial charge in [0.15, 0.2) is 0 Å². The topological polar surface area (TPSA) is 71.9 Å². The van der Waals surface area contributed by atoms with Crippen molar-refractivity contribution in [2.45, 2.75) is 0 Å². The van der Waals surface area contributed by atoms with Gasteiger partial charge in [0, 0.05) is 15.6 Å². The van der Waals surface area contributed by atoms with Crippen LogP contribution >= 0.6 is 15.9 Å². The van der Waals surface area contributed by atoms with E-state index in [0.29, 0.717) is 17.0 Å². The Morgan fingerprint density at radius 2 is 1.88 bits per heavy atom. The Balaban J connectivity index is 2.27. The van der Waals surface area contributed by atoms with Gasteiger partial charge in [-0.1, -0.05) is 40.2 Å². The molecule has 0 spiro atoms. The first-order chi connectivity index (χ1) is 11.6. The van der Waals surface area contributed by atoms with Crippen molar-refractivity contribution in [3.05, 3.63) is 64.6 Å². The molecule has 0 aliphatic carbocycles. The van der Waals surface area contributed by atoms with E-state index < -0.39 is 0 Å². The van der Waals surface area contributed by atoms with Gasteiger partial charge in [0.2, 0.25) is 0 Å². The van der Waals surface area contributed by atoms with Crippen molar-refractivity contribution in [1.82, 2.24) is 4.98 Å². The predicted molar refractivity (Wildman–Crippen MR) is 98.5 cm³/mol. The van der Waals surface area contributed by atoms with Gasteiger partial charge in [-0.25, -0.2) is 4.98 Å². The number of methoxy groups -OCH3 is 1. The van der Waals surface area contributed by atoms with Gasteiger partial charge in [0.1, 0.15) is 23.2 Å². The Hall–Kier alpha value is -2.84. The highest BCUT2D eigenvalue weighted by molar-refractivity contribution is 9.10. The van der Waals surface area contributed by atoms with E-state index in [1.54, 1.807) is 7.11 Å². The maximum atomic E-state index is 9.49. The van der Waals surface area contributed by atoms with Crippen molar-refractivity contribution >= 4 is 21.7 Å². The van der Waals surface area contributed by atoms with Crippen molar-refractivity contribution in [3.63, 3.8) is 0 Å². The van der Waals surface area contributed by atoms with Crippen molar-refractivity contribution in [2.75, 3.05) is 12.8 Å². The number of hydrogen-bond donors (Lipinski definition) is 1. The minimum absolute atomic E-state index is 0.205. The zero-order valence-corrected chi connectivity index (χ0v) is 14.5. The lowest BCUT2D eigenvalue weighted by molar-refractivity contribution is 0.416. The van der Waals surface area contributed by atoms with Crippen molar-refractivity contribution in [1.29, 1.82) is 5.26 Å². The Labute approximate surface area is 148 Å². The molecule has 0 bridgehead atoms. The molecule has 2 aromatic carbocycles. The molecule has 0 unspecified atom stereocenters. The molecule has 5 heteroatoms. The zero-order chi connectivity index (χ0) is 17.1. The summed E-state index contributed by atoms with van der Waals surface area (Å²) in [7, 11) is 1.61. The summed E-state index contributed by atoms with van der Waals surface area (Å²) >= 11 is 3.46. The lowest BCUT2D eigenvalue weighted by Gasteiger charge is -2.12. The molecular weight excluding hydrogens is 366 g/mol. The van der Waals surface area contributed by atoms with Gasteiger partial charge in [-0.05, 0) is 35.9 Å². The Kier molecular flexibility index (Phi) is 4.50. The average Bonchev–Trinajstić information content (AvgIpc) is 2.61. The number of anilines is 1. The molecule has 1 aromatic heterocycles.